The molecule has 6 heteroatoms. The number of likely N-dealkylation sites (N-methyl/N-ethyl adjacent to an activating group) is 1. The van der Waals surface area contributed by atoms with Crippen LogP contribution in [-0.4, -0.2) is 59.8 Å². The van der Waals surface area contributed by atoms with Crippen LogP contribution in [0.4, 0.5) is 0 Å². The van der Waals surface area contributed by atoms with E-state index in [9.17, 15) is 14.7 Å². The van der Waals surface area contributed by atoms with Gasteiger partial charge in [-0.3, -0.25) is 9.59 Å². The molecule has 2 aromatic rings. The van der Waals surface area contributed by atoms with E-state index in [2.05, 4.69) is 42.7 Å². The van der Waals surface area contributed by atoms with E-state index in [1.807, 2.05) is 18.2 Å². The highest BCUT2D eigenvalue weighted by molar-refractivity contribution is 5.76. The number of benzene rings is 2. The number of aliphatic hydroxyl groups is 1. The fraction of sp³-hybridized carbons (Fsp3) is 0.588. The molecule has 1 heterocycles. The molecular formula is C34H47N2O4+. The van der Waals surface area contributed by atoms with Crippen LogP contribution < -0.4 is 10.1 Å². The molecule has 40 heavy (non-hydrogen) atoms. The predicted octanol–water partition coefficient (Wildman–Crippen LogP) is 5.31. The largest absolute Gasteiger partial charge is 0.427 e. The van der Waals surface area contributed by atoms with Gasteiger partial charge < -0.3 is 19.6 Å². The van der Waals surface area contributed by atoms with Gasteiger partial charge in [-0.2, -0.15) is 0 Å². The minimum absolute atomic E-state index is 0.0229. The summed E-state index contributed by atoms with van der Waals surface area (Å²) in [5.41, 5.74) is 1.01. The van der Waals surface area contributed by atoms with Gasteiger partial charge in [-0.1, -0.05) is 48.9 Å². The number of hydrogen-bond acceptors (Lipinski definition) is 4. The number of piperidine rings is 1. The summed E-state index contributed by atoms with van der Waals surface area (Å²) in [4.78, 5) is 24.7. The van der Waals surface area contributed by atoms with Gasteiger partial charge >= 0.3 is 5.97 Å². The molecule has 5 rings (SSSR count). The highest BCUT2D eigenvalue weighted by atomic mass is 16.5. The molecule has 0 bridgehead atoms. The molecule has 1 aliphatic heterocycles. The Morgan fingerprint density at radius 2 is 1.82 bits per heavy atom. The number of fused-ring (bicyclic) bond motifs is 1. The van der Waals surface area contributed by atoms with E-state index in [4.69, 9.17) is 4.74 Å². The van der Waals surface area contributed by atoms with Crippen LogP contribution in [0.3, 0.4) is 0 Å². The molecule has 216 valence electrons. The van der Waals surface area contributed by atoms with E-state index in [1.54, 1.807) is 6.07 Å². The normalized spacial score (nSPS) is 29.8. The molecule has 0 spiro atoms. The first-order valence-corrected chi connectivity index (χ1v) is 15.4. The zero-order valence-corrected chi connectivity index (χ0v) is 24.4. The topological polar surface area (TPSA) is 75.6 Å². The number of aryl methyl sites for hydroxylation is 1. The van der Waals surface area contributed by atoms with Crippen molar-refractivity contribution in [3.63, 3.8) is 0 Å². The van der Waals surface area contributed by atoms with E-state index in [0.29, 0.717) is 25.0 Å². The second-order valence-electron chi connectivity index (χ2n) is 13.2. The Hall–Kier alpha value is -2.70. The Morgan fingerprint density at radius 3 is 2.58 bits per heavy atom. The van der Waals surface area contributed by atoms with Crippen LogP contribution in [0, 0.1) is 5.92 Å². The molecule has 2 aliphatic carbocycles. The first-order chi connectivity index (χ1) is 19.2. The third-order valence-corrected chi connectivity index (χ3v) is 9.74. The average molecular weight is 548 g/mol. The number of esters is 1. The SMILES string of the molecule is CC(=O)Oc1cccc([C@@]23CC[N@+](C)(CC4CC4)CC2(O)CC[C@@H](NC(=O)CCCCCc2ccccc2)C3)c1. The number of rotatable bonds is 11. The van der Waals surface area contributed by atoms with Gasteiger partial charge in [0.1, 0.15) is 17.9 Å². The number of likely N-dealkylation sites (tertiary alicyclic amines) is 1. The van der Waals surface area contributed by atoms with Crippen LogP contribution in [0.1, 0.15) is 82.3 Å². The number of quaternary nitrogens is 1. The van der Waals surface area contributed by atoms with Gasteiger partial charge in [0.05, 0.1) is 20.1 Å². The Morgan fingerprint density at radius 1 is 1.02 bits per heavy atom. The van der Waals surface area contributed by atoms with Gasteiger partial charge in [0.2, 0.25) is 5.91 Å². The fourth-order valence-corrected chi connectivity index (χ4v) is 7.59. The first kappa shape index (κ1) is 28.8. The number of ether oxygens (including phenoxy) is 1. The maximum absolute atomic E-state index is 13.0. The number of hydrogen-bond donors (Lipinski definition) is 2. The van der Waals surface area contributed by atoms with Crippen molar-refractivity contribution in [2.24, 2.45) is 5.92 Å². The number of unbranched alkanes of at least 4 members (excludes halogenated alkanes) is 2. The second kappa shape index (κ2) is 12.0. The van der Waals surface area contributed by atoms with E-state index in [0.717, 1.165) is 74.1 Å². The number of carbonyl (C=O) groups excluding carboxylic acids is 2. The van der Waals surface area contributed by atoms with E-state index < -0.39 is 11.0 Å². The Bertz CT molecular complexity index is 1180. The maximum atomic E-state index is 13.0. The Kier molecular flexibility index (Phi) is 8.67. The summed E-state index contributed by atoms with van der Waals surface area (Å²) in [6.07, 6.45) is 10.2. The smallest absolute Gasteiger partial charge is 0.308 e. The lowest BCUT2D eigenvalue weighted by molar-refractivity contribution is -0.925. The Labute approximate surface area is 239 Å². The van der Waals surface area contributed by atoms with E-state index in [1.165, 1.54) is 25.3 Å². The van der Waals surface area contributed by atoms with Crippen molar-refractivity contribution < 1.29 is 23.9 Å². The summed E-state index contributed by atoms with van der Waals surface area (Å²) in [6.45, 7) is 4.27. The third kappa shape index (κ3) is 6.77. The molecule has 2 aromatic carbocycles. The number of nitrogens with one attached hydrogen (secondary N) is 1. The predicted molar refractivity (Wildman–Crippen MR) is 157 cm³/mol. The number of carbonyl (C=O) groups is 2. The molecule has 0 aromatic heterocycles. The number of nitrogens with zero attached hydrogens (tertiary/aromatic N) is 1. The van der Waals surface area contributed by atoms with E-state index >= 15 is 0 Å². The summed E-state index contributed by atoms with van der Waals surface area (Å²) in [5, 5.41) is 15.8. The highest BCUT2D eigenvalue weighted by Crippen LogP contribution is 2.53. The lowest BCUT2D eigenvalue weighted by Gasteiger charge is -2.59. The van der Waals surface area contributed by atoms with Crippen molar-refractivity contribution in [1.29, 1.82) is 0 Å². The van der Waals surface area contributed by atoms with Gasteiger partial charge in [0, 0.05) is 37.1 Å². The quantitative estimate of drug-likeness (QED) is 0.173. The van der Waals surface area contributed by atoms with Crippen LogP contribution in [-0.2, 0) is 21.4 Å². The molecule has 2 N–H and O–H groups in total. The zero-order chi connectivity index (χ0) is 28.2. The number of amides is 1. The monoisotopic (exact) mass is 547 g/mol. The molecule has 1 saturated heterocycles. The van der Waals surface area contributed by atoms with E-state index in [-0.39, 0.29) is 17.9 Å². The van der Waals surface area contributed by atoms with Crippen molar-refractivity contribution >= 4 is 11.9 Å². The van der Waals surface area contributed by atoms with Crippen molar-refractivity contribution in [3.8, 4) is 5.75 Å². The molecular weight excluding hydrogens is 500 g/mol. The van der Waals surface area contributed by atoms with Crippen molar-refractivity contribution in [3.05, 3.63) is 65.7 Å². The lowest BCUT2D eigenvalue weighted by atomic mass is 9.55. The molecule has 3 fully saturated rings. The highest BCUT2D eigenvalue weighted by Gasteiger charge is 2.62. The van der Waals surface area contributed by atoms with Crippen LogP contribution in [0.5, 0.6) is 5.75 Å². The van der Waals surface area contributed by atoms with Crippen LogP contribution in [0.15, 0.2) is 54.6 Å². The molecule has 2 saturated carbocycles. The van der Waals surface area contributed by atoms with Crippen LogP contribution in [0.25, 0.3) is 0 Å². The van der Waals surface area contributed by atoms with Gasteiger partial charge in [-0.25, -0.2) is 0 Å². The standard InChI is InChI=1S/C34H46N2O4/c1-26(37)40-31-14-9-13-29(22-31)33-20-21-36(2,24-28-16-17-28)25-34(33,39)19-18-30(23-33)35-32(38)15-8-4-7-12-27-10-5-3-6-11-27/h3,5-6,9-11,13-14,22,28,30,39H,4,7-8,12,15-21,23-25H2,1-2H3/p+1/t30-,33+,34?,36-/m1/s1. The van der Waals surface area contributed by atoms with Gasteiger partial charge in [-0.05, 0) is 74.6 Å². The van der Waals surface area contributed by atoms with Crippen molar-refractivity contribution in [2.75, 3.05) is 26.7 Å². The molecule has 1 amide bonds. The molecule has 4 atom stereocenters. The van der Waals surface area contributed by atoms with Crippen molar-refractivity contribution in [2.45, 2.75) is 94.6 Å². The summed E-state index contributed by atoms with van der Waals surface area (Å²) in [5.74, 6) is 1.07. The average Bonchev–Trinajstić information content (AvgIpc) is 3.72. The lowest BCUT2D eigenvalue weighted by Crippen LogP contribution is -2.71. The third-order valence-electron chi connectivity index (χ3n) is 9.74. The molecule has 1 unspecified atom stereocenters. The van der Waals surface area contributed by atoms with Gasteiger partial charge in [0.15, 0.2) is 0 Å². The van der Waals surface area contributed by atoms with Crippen LogP contribution >= 0.6 is 0 Å². The zero-order valence-electron chi connectivity index (χ0n) is 24.4. The summed E-state index contributed by atoms with van der Waals surface area (Å²) in [7, 11) is 2.31. The molecule has 6 nitrogen and oxygen atoms in total. The summed E-state index contributed by atoms with van der Waals surface area (Å²) in [6, 6.07) is 18.3. The first-order valence-electron chi connectivity index (χ1n) is 15.4. The minimum Gasteiger partial charge on any atom is -0.427 e. The Balaban J connectivity index is 1.25. The minimum atomic E-state index is -0.873. The summed E-state index contributed by atoms with van der Waals surface area (Å²) < 4.78 is 6.36. The van der Waals surface area contributed by atoms with Gasteiger partial charge in [0.25, 0.3) is 0 Å². The molecule has 0 radical (unpaired) electrons. The second-order valence-corrected chi connectivity index (χ2v) is 13.2. The summed E-state index contributed by atoms with van der Waals surface area (Å²) >= 11 is 0. The van der Waals surface area contributed by atoms with Crippen LogP contribution in [0.2, 0.25) is 0 Å². The van der Waals surface area contributed by atoms with Gasteiger partial charge in [-0.15, -0.1) is 0 Å². The molecule has 3 aliphatic rings. The maximum Gasteiger partial charge on any atom is 0.308 e. The van der Waals surface area contributed by atoms with Crippen molar-refractivity contribution in [1.82, 2.24) is 5.32 Å². The fourth-order valence-electron chi connectivity index (χ4n) is 7.59.